The fraction of sp³-hybridized carbons (Fsp3) is 0.143. The van der Waals surface area contributed by atoms with Gasteiger partial charge in [0.05, 0.1) is 17.7 Å². The smallest absolute Gasteiger partial charge is 0.412 e. The number of methoxy groups -OCH3 is 1. The molecule has 144 valence electrons. The highest BCUT2D eigenvalue weighted by atomic mass is 32.1. The highest BCUT2D eigenvalue weighted by Gasteiger charge is 2.24. The predicted octanol–water partition coefficient (Wildman–Crippen LogP) is 5.40. The number of hydrogen-bond acceptors (Lipinski definition) is 5. The molecule has 3 aromatic rings. The fourth-order valence-corrected chi connectivity index (χ4v) is 3.64. The Balaban J connectivity index is 1.84. The zero-order valence-electron chi connectivity index (χ0n) is 15.3. The Bertz CT molecular complexity index is 1000. The van der Waals surface area contributed by atoms with Gasteiger partial charge in [-0.25, -0.2) is 14.0 Å². The van der Waals surface area contributed by atoms with Crippen LogP contribution in [0.2, 0.25) is 0 Å². The summed E-state index contributed by atoms with van der Waals surface area (Å²) in [6, 6.07) is 13.9. The number of carbonyl (C=O) groups is 2. The van der Waals surface area contributed by atoms with Crippen LogP contribution < -0.4 is 5.32 Å². The molecular weight excluding hydrogens is 381 g/mol. The fourth-order valence-electron chi connectivity index (χ4n) is 2.63. The first-order valence-electron chi connectivity index (χ1n) is 8.43. The van der Waals surface area contributed by atoms with Crippen LogP contribution in [-0.4, -0.2) is 19.2 Å². The number of nitrogens with one attached hydrogen (secondary N) is 1. The van der Waals surface area contributed by atoms with E-state index < -0.39 is 17.9 Å². The third-order valence-corrected chi connectivity index (χ3v) is 5.01. The Kier molecular flexibility index (Phi) is 6.06. The highest BCUT2D eigenvalue weighted by Crippen LogP contribution is 2.38. The molecule has 0 atom stereocenters. The van der Waals surface area contributed by atoms with Crippen molar-refractivity contribution in [2.45, 2.75) is 13.5 Å². The summed E-state index contributed by atoms with van der Waals surface area (Å²) in [7, 11) is 1.23. The molecule has 0 unspecified atom stereocenters. The molecule has 1 amide bonds. The van der Waals surface area contributed by atoms with Crippen LogP contribution in [0.5, 0.6) is 0 Å². The lowest BCUT2D eigenvalue weighted by atomic mass is 10.1. The maximum Gasteiger partial charge on any atom is 0.412 e. The average Bonchev–Trinajstić information content (AvgIpc) is 3.09. The van der Waals surface area contributed by atoms with E-state index >= 15 is 0 Å². The zero-order valence-corrected chi connectivity index (χ0v) is 16.1. The van der Waals surface area contributed by atoms with E-state index in [4.69, 9.17) is 9.47 Å². The van der Waals surface area contributed by atoms with Gasteiger partial charge in [-0.1, -0.05) is 42.5 Å². The Morgan fingerprint density at radius 2 is 1.89 bits per heavy atom. The van der Waals surface area contributed by atoms with Gasteiger partial charge < -0.3 is 9.47 Å². The normalized spacial score (nSPS) is 10.4. The molecule has 3 rings (SSSR count). The van der Waals surface area contributed by atoms with E-state index in [0.29, 0.717) is 4.88 Å². The minimum atomic E-state index is -0.720. The van der Waals surface area contributed by atoms with Crippen molar-refractivity contribution in [1.29, 1.82) is 0 Å². The number of halogens is 1. The molecule has 0 saturated carbocycles. The lowest BCUT2D eigenvalue weighted by Gasteiger charge is -2.09. The minimum Gasteiger partial charge on any atom is -0.465 e. The molecule has 0 fully saturated rings. The van der Waals surface area contributed by atoms with Crippen LogP contribution in [0.3, 0.4) is 0 Å². The number of amides is 1. The molecule has 0 aliphatic heterocycles. The Morgan fingerprint density at radius 3 is 2.57 bits per heavy atom. The van der Waals surface area contributed by atoms with Crippen LogP contribution >= 0.6 is 11.3 Å². The van der Waals surface area contributed by atoms with Gasteiger partial charge in [-0.2, -0.15) is 0 Å². The second-order valence-electron chi connectivity index (χ2n) is 6.02. The van der Waals surface area contributed by atoms with Crippen LogP contribution in [0, 0.1) is 12.7 Å². The molecule has 0 radical (unpaired) electrons. The van der Waals surface area contributed by atoms with E-state index in [1.807, 2.05) is 30.3 Å². The monoisotopic (exact) mass is 399 g/mol. The van der Waals surface area contributed by atoms with Gasteiger partial charge in [0, 0.05) is 10.9 Å². The summed E-state index contributed by atoms with van der Waals surface area (Å²) in [5, 5.41) is 4.10. The second kappa shape index (κ2) is 8.67. The van der Waals surface area contributed by atoms with E-state index in [1.54, 1.807) is 24.4 Å². The number of hydrogen-bond donors (Lipinski definition) is 1. The van der Waals surface area contributed by atoms with Crippen LogP contribution in [0.4, 0.5) is 14.9 Å². The molecule has 1 N–H and O–H groups in total. The first kappa shape index (κ1) is 19.6. The first-order valence-corrected chi connectivity index (χ1v) is 9.31. The lowest BCUT2D eigenvalue weighted by molar-refractivity contribution is 0.0603. The predicted molar refractivity (Wildman–Crippen MR) is 106 cm³/mol. The van der Waals surface area contributed by atoms with Gasteiger partial charge >= 0.3 is 12.1 Å². The van der Waals surface area contributed by atoms with Crippen molar-refractivity contribution >= 4 is 29.1 Å². The first-order chi connectivity index (χ1) is 13.5. The molecule has 0 aliphatic carbocycles. The molecule has 0 bridgehead atoms. The molecule has 0 spiro atoms. The summed E-state index contributed by atoms with van der Waals surface area (Å²) < 4.78 is 24.4. The van der Waals surface area contributed by atoms with E-state index in [-0.39, 0.29) is 23.4 Å². The van der Waals surface area contributed by atoms with Gasteiger partial charge in [-0.15, -0.1) is 11.3 Å². The van der Waals surface area contributed by atoms with Gasteiger partial charge in [0.15, 0.2) is 0 Å². The molecule has 2 aromatic carbocycles. The van der Waals surface area contributed by atoms with Crippen LogP contribution in [0.15, 0.2) is 53.9 Å². The molecule has 5 nitrogen and oxygen atoms in total. The van der Waals surface area contributed by atoms with E-state index in [0.717, 1.165) is 22.5 Å². The van der Waals surface area contributed by atoms with Gasteiger partial charge in [-0.05, 0) is 24.1 Å². The van der Waals surface area contributed by atoms with E-state index in [1.165, 1.54) is 13.2 Å². The Hall–Kier alpha value is -3.19. The molecule has 0 aliphatic rings. The number of esters is 1. The van der Waals surface area contributed by atoms with Crippen molar-refractivity contribution in [2.75, 3.05) is 12.4 Å². The summed E-state index contributed by atoms with van der Waals surface area (Å²) in [4.78, 5) is 24.8. The van der Waals surface area contributed by atoms with Crippen LogP contribution in [-0.2, 0) is 16.1 Å². The quantitative estimate of drug-likeness (QED) is 0.584. The van der Waals surface area contributed by atoms with Crippen molar-refractivity contribution in [1.82, 2.24) is 0 Å². The molecule has 28 heavy (non-hydrogen) atoms. The van der Waals surface area contributed by atoms with Crippen molar-refractivity contribution < 1.29 is 23.5 Å². The summed E-state index contributed by atoms with van der Waals surface area (Å²) in [6.45, 7) is 1.86. The SMILES string of the molecule is COC(=O)c1c(NC(=O)OCc2ccccc2)csc1-c1ccc(C)cc1F. The number of anilines is 1. The van der Waals surface area contributed by atoms with E-state index in [9.17, 15) is 14.0 Å². The Morgan fingerprint density at radius 1 is 1.14 bits per heavy atom. The number of benzene rings is 2. The number of aryl methyl sites for hydroxylation is 1. The summed E-state index contributed by atoms with van der Waals surface area (Å²) in [5.41, 5.74) is 2.16. The van der Waals surface area contributed by atoms with Crippen molar-refractivity contribution in [2.24, 2.45) is 0 Å². The summed E-state index contributed by atoms with van der Waals surface area (Å²) in [5.74, 6) is -1.13. The van der Waals surface area contributed by atoms with Gasteiger partial charge in [0.25, 0.3) is 0 Å². The van der Waals surface area contributed by atoms with Gasteiger partial charge in [-0.3, -0.25) is 5.32 Å². The molecule has 1 aromatic heterocycles. The van der Waals surface area contributed by atoms with Crippen molar-refractivity contribution in [3.05, 3.63) is 76.4 Å². The maximum atomic E-state index is 14.4. The topological polar surface area (TPSA) is 64.6 Å². The molecular formula is C21H18FNO4S. The molecule has 7 heteroatoms. The largest absolute Gasteiger partial charge is 0.465 e. The average molecular weight is 399 g/mol. The third kappa shape index (κ3) is 4.37. The number of carbonyl (C=O) groups excluding carboxylic acids is 2. The molecule has 1 heterocycles. The second-order valence-corrected chi connectivity index (χ2v) is 6.89. The summed E-state index contributed by atoms with van der Waals surface area (Å²) >= 11 is 1.14. The lowest BCUT2D eigenvalue weighted by Crippen LogP contribution is -2.15. The highest BCUT2D eigenvalue weighted by molar-refractivity contribution is 7.14. The molecule has 0 saturated heterocycles. The van der Waals surface area contributed by atoms with Crippen LogP contribution in [0.1, 0.15) is 21.5 Å². The van der Waals surface area contributed by atoms with Crippen molar-refractivity contribution in [3.8, 4) is 10.4 Å². The Labute approximate surface area is 165 Å². The minimum absolute atomic E-state index is 0.0871. The van der Waals surface area contributed by atoms with Crippen molar-refractivity contribution in [3.63, 3.8) is 0 Å². The summed E-state index contributed by atoms with van der Waals surface area (Å²) in [6.07, 6.45) is -0.720. The zero-order chi connectivity index (χ0) is 20.1. The maximum absolute atomic E-state index is 14.4. The van der Waals surface area contributed by atoms with E-state index in [2.05, 4.69) is 5.32 Å². The standard InChI is InChI=1S/C21H18FNO4S/c1-13-8-9-15(16(22)10-13)19-18(20(24)26-2)17(12-28-19)23-21(25)27-11-14-6-4-3-5-7-14/h3-10,12H,11H2,1-2H3,(H,23,25). The number of thiophene rings is 1. The number of ether oxygens (including phenoxy) is 2. The van der Waals surface area contributed by atoms with Gasteiger partial charge in [0.1, 0.15) is 18.0 Å². The van der Waals surface area contributed by atoms with Crippen LogP contribution in [0.25, 0.3) is 10.4 Å². The number of rotatable bonds is 5. The third-order valence-electron chi connectivity index (χ3n) is 4.00. The van der Waals surface area contributed by atoms with Gasteiger partial charge in [0.2, 0.25) is 0 Å².